The molecule has 37 heavy (non-hydrogen) atoms. The Balaban J connectivity index is 1.29. The van der Waals surface area contributed by atoms with Crippen molar-refractivity contribution in [1.29, 1.82) is 0 Å². The van der Waals surface area contributed by atoms with Crippen LogP contribution in [0.25, 0.3) is 21.8 Å². The van der Waals surface area contributed by atoms with Crippen LogP contribution in [-0.2, 0) is 25.8 Å². The fourth-order valence-electron chi connectivity index (χ4n) is 5.04. The maximum absolute atomic E-state index is 6.79. The quantitative estimate of drug-likeness (QED) is 0.255. The van der Waals surface area contributed by atoms with Gasteiger partial charge in [0.15, 0.2) is 5.82 Å². The van der Waals surface area contributed by atoms with Crippen LogP contribution in [-0.4, -0.2) is 31.8 Å². The van der Waals surface area contributed by atoms with Crippen LogP contribution in [0.4, 0.5) is 0 Å². The van der Waals surface area contributed by atoms with Crippen LogP contribution in [0.1, 0.15) is 34.5 Å². The zero-order chi connectivity index (χ0) is 25.2. The lowest BCUT2D eigenvalue weighted by Crippen LogP contribution is -2.20. The monoisotopic (exact) mass is 490 g/mol. The van der Waals surface area contributed by atoms with Crippen molar-refractivity contribution in [3.05, 3.63) is 114 Å². The third-order valence-electron chi connectivity index (χ3n) is 7.01. The molecule has 0 spiro atoms. The summed E-state index contributed by atoms with van der Waals surface area (Å²) in [4.78, 5) is 6.88. The van der Waals surface area contributed by atoms with Gasteiger partial charge in [0.05, 0.1) is 19.7 Å². The molecule has 3 heterocycles. The molecule has 0 bridgehead atoms. The number of nitrogens with one attached hydrogen (secondary N) is 2. The van der Waals surface area contributed by atoms with Crippen molar-refractivity contribution in [3.63, 3.8) is 0 Å². The van der Waals surface area contributed by atoms with Gasteiger partial charge in [-0.15, -0.1) is 10.2 Å². The second-order valence-electron chi connectivity index (χ2n) is 9.46. The highest BCUT2D eigenvalue weighted by molar-refractivity contribution is 5.83. The smallest absolute Gasteiger partial charge is 0.150 e. The Kier molecular flexibility index (Phi) is 6.20. The molecule has 6 rings (SSSR count). The molecule has 0 amide bonds. The van der Waals surface area contributed by atoms with E-state index in [1.807, 2.05) is 24.4 Å². The summed E-state index contributed by atoms with van der Waals surface area (Å²) in [5, 5.41) is 11.6. The Labute approximate surface area is 215 Å². The molecular weight excluding hydrogens is 460 g/mol. The first-order valence-corrected chi connectivity index (χ1v) is 12.6. The minimum atomic E-state index is -0.285. The number of aromatic nitrogens is 5. The number of para-hydroxylation sites is 2. The molecule has 4 N–H and O–H groups in total. The Hall–Kier alpha value is -4.36. The van der Waals surface area contributed by atoms with Crippen LogP contribution in [0, 0.1) is 0 Å². The number of aryl methyl sites for hydroxylation is 2. The number of aromatic amines is 2. The third-order valence-corrected chi connectivity index (χ3v) is 7.01. The molecule has 0 radical (unpaired) electrons. The lowest BCUT2D eigenvalue weighted by molar-refractivity contribution is 0.414. The second kappa shape index (κ2) is 9.95. The van der Waals surface area contributed by atoms with E-state index in [2.05, 4.69) is 85.4 Å². The van der Waals surface area contributed by atoms with Crippen LogP contribution in [0.5, 0.6) is 5.75 Å². The molecular formula is C30H30N6O. The fourth-order valence-corrected chi connectivity index (χ4v) is 5.04. The van der Waals surface area contributed by atoms with Gasteiger partial charge in [-0.2, -0.15) is 0 Å². The van der Waals surface area contributed by atoms with Crippen LogP contribution < -0.4 is 10.5 Å². The number of hydrogen-bond donors (Lipinski definition) is 3. The van der Waals surface area contributed by atoms with Gasteiger partial charge in [0.1, 0.15) is 11.6 Å². The van der Waals surface area contributed by atoms with Crippen molar-refractivity contribution in [2.45, 2.75) is 31.8 Å². The van der Waals surface area contributed by atoms with E-state index >= 15 is 0 Å². The van der Waals surface area contributed by atoms with Crippen molar-refractivity contribution in [3.8, 4) is 5.75 Å². The third kappa shape index (κ3) is 4.73. The molecule has 0 aliphatic carbocycles. The zero-order valence-electron chi connectivity index (χ0n) is 20.8. The molecule has 1 atom stereocenters. The van der Waals surface area contributed by atoms with Gasteiger partial charge in [0.25, 0.3) is 0 Å². The molecule has 0 saturated carbocycles. The first kappa shape index (κ1) is 23.1. The van der Waals surface area contributed by atoms with Gasteiger partial charge in [0, 0.05) is 34.7 Å². The molecule has 3 aromatic carbocycles. The van der Waals surface area contributed by atoms with E-state index in [0.717, 1.165) is 46.8 Å². The minimum Gasteiger partial charge on any atom is -0.497 e. The van der Waals surface area contributed by atoms with Gasteiger partial charge in [0.2, 0.25) is 0 Å². The number of methoxy groups -OCH3 is 1. The maximum atomic E-state index is 6.79. The van der Waals surface area contributed by atoms with Crippen molar-refractivity contribution < 1.29 is 4.74 Å². The first-order chi connectivity index (χ1) is 18.2. The van der Waals surface area contributed by atoms with E-state index in [0.29, 0.717) is 13.0 Å². The summed E-state index contributed by atoms with van der Waals surface area (Å²) in [5.74, 6) is 2.56. The van der Waals surface area contributed by atoms with Gasteiger partial charge < -0.3 is 25.0 Å². The molecule has 0 aliphatic rings. The largest absolute Gasteiger partial charge is 0.497 e. The predicted molar refractivity (Wildman–Crippen MR) is 147 cm³/mol. The van der Waals surface area contributed by atoms with Crippen molar-refractivity contribution in [2.24, 2.45) is 5.73 Å². The number of rotatable bonds is 9. The molecule has 186 valence electrons. The van der Waals surface area contributed by atoms with Crippen molar-refractivity contribution in [2.75, 3.05) is 7.11 Å². The number of nitrogens with zero attached hydrogens (tertiary/aromatic N) is 3. The van der Waals surface area contributed by atoms with E-state index < -0.39 is 0 Å². The molecule has 3 aromatic heterocycles. The molecule has 0 saturated heterocycles. The molecule has 7 nitrogen and oxygen atoms in total. The lowest BCUT2D eigenvalue weighted by Gasteiger charge is -2.15. The van der Waals surface area contributed by atoms with E-state index in [4.69, 9.17) is 10.5 Å². The number of fused-ring (bicyclic) bond motifs is 2. The summed E-state index contributed by atoms with van der Waals surface area (Å²) >= 11 is 0. The number of ether oxygens (including phenoxy) is 1. The fraction of sp³-hybridized carbons (Fsp3) is 0.200. The Bertz CT molecular complexity index is 1610. The normalized spacial score (nSPS) is 12.4. The Morgan fingerprint density at radius 2 is 1.70 bits per heavy atom. The van der Waals surface area contributed by atoms with Crippen LogP contribution in [0.2, 0.25) is 0 Å². The average molecular weight is 491 g/mol. The van der Waals surface area contributed by atoms with Gasteiger partial charge in [-0.25, -0.2) is 0 Å². The minimum absolute atomic E-state index is 0.285. The van der Waals surface area contributed by atoms with E-state index in [-0.39, 0.29) is 6.04 Å². The zero-order valence-corrected chi connectivity index (χ0v) is 20.8. The lowest BCUT2D eigenvalue weighted by atomic mass is 10.0. The first-order valence-electron chi connectivity index (χ1n) is 12.6. The van der Waals surface area contributed by atoms with Crippen molar-refractivity contribution in [1.82, 2.24) is 24.7 Å². The van der Waals surface area contributed by atoms with Gasteiger partial charge >= 0.3 is 0 Å². The van der Waals surface area contributed by atoms with E-state index in [1.54, 1.807) is 7.11 Å². The highest BCUT2D eigenvalue weighted by atomic mass is 16.5. The van der Waals surface area contributed by atoms with E-state index in [9.17, 15) is 0 Å². The number of hydrogen-bond acceptors (Lipinski definition) is 4. The number of H-pyrrole nitrogens is 2. The predicted octanol–water partition coefficient (Wildman–Crippen LogP) is 5.33. The summed E-state index contributed by atoms with van der Waals surface area (Å²) in [6, 6.07) is 26.7. The van der Waals surface area contributed by atoms with Gasteiger partial charge in [-0.05, 0) is 59.7 Å². The van der Waals surface area contributed by atoms with Crippen LogP contribution in [0.15, 0.2) is 85.1 Å². The molecule has 0 aliphatic heterocycles. The number of nitrogens with two attached hydrogens (primary N) is 1. The highest BCUT2D eigenvalue weighted by Gasteiger charge is 2.20. The average Bonchev–Trinajstić information content (AvgIpc) is 3.65. The Morgan fingerprint density at radius 1 is 0.919 bits per heavy atom. The molecule has 6 aromatic rings. The summed E-state index contributed by atoms with van der Waals surface area (Å²) < 4.78 is 7.52. The second-order valence-corrected chi connectivity index (χ2v) is 9.46. The van der Waals surface area contributed by atoms with Crippen LogP contribution >= 0.6 is 0 Å². The maximum Gasteiger partial charge on any atom is 0.150 e. The molecule has 0 fully saturated rings. The Morgan fingerprint density at radius 3 is 2.51 bits per heavy atom. The summed E-state index contributed by atoms with van der Waals surface area (Å²) in [7, 11) is 1.68. The summed E-state index contributed by atoms with van der Waals surface area (Å²) in [6.07, 6.45) is 4.32. The summed E-state index contributed by atoms with van der Waals surface area (Å²) in [6.45, 7) is 0.649. The van der Waals surface area contributed by atoms with Gasteiger partial charge in [-0.3, -0.25) is 0 Å². The van der Waals surface area contributed by atoms with Gasteiger partial charge in [-0.1, -0.05) is 48.5 Å². The van der Waals surface area contributed by atoms with Crippen molar-refractivity contribution >= 4 is 21.8 Å². The molecule has 0 unspecified atom stereocenters. The SMILES string of the molecule is COc1ccc(Cn2c(CCc3cc4ccccc4[nH]3)nnc2[C@H](N)Cc2c[nH]c3ccccc23)cc1. The standard InChI is InChI=1S/C30H30N6O/c1-37-24-13-10-20(11-14-24)19-36-29(15-12-23-16-21-6-2-4-8-27(21)33-23)34-35-30(36)26(31)17-22-18-32-28-9-5-3-7-25(22)28/h2-11,13-14,16,18,26,32-33H,12,15,17,19,31H2,1H3/t26-/m1/s1. The summed E-state index contributed by atoms with van der Waals surface area (Å²) in [5.41, 5.74) is 12.6. The number of benzene rings is 3. The highest BCUT2D eigenvalue weighted by Crippen LogP contribution is 2.24. The topological polar surface area (TPSA) is 97.5 Å². The van der Waals surface area contributed by atoms with E-state index in [1.165, 1.54) is 22.0 Å². The molecule has 7 heteroatoms. The van der Waals surface area contributed by atoms with Crippen LogP contribution in [0.3, 0.4) is 0 Å².